The van der Waals surface area contributed by atoms with Gasteiger partial charge in [0.15, 0.2) is 0 Å². The van der Waals surface area contributed by atoms with Gasteiger partial charge in [0, 0.05) is 6.04 Å². The predicted octanol–water partition coefficient (Wildman–Crippen LogP) is 4.50. The van der Waals surface area contributed by atoms with Crippen molar-refractivity contribution in [1.82, 2.24) is 0 Å². The third kappa shape index (κ3) is 4.08. The van der Waals surface area contributed by atoms with Crippen molar-refractivity contribution in [3.8, 4) is 0 Å². The van der Waals surface area contributed by atoms with Crippen molar-refractivity contribution < 1.29 is 0 Å². The molecule has 2 N–H and O–H groups in total. The van der Waals surface area contributed by atoms with Crippen molar-refractivity contribution in [1.29, 1.82) is 0 Å². The molecule has 2 unspecified atom stereocenters. The van der Waals surface area contributed by atoms with Crippen LogP contribution < -0.4 is 5.73 Å². The molecule has 0 heterocycles. The molecule has 0 amide bonds. The van der Waals surface area contributed by atoms with Crippen LogP contribution in [0, 0.1) is 11.3 Å². The Labute approximate surface area is 102 Å². The van der Waals surface area contributed by atoms with E-state index in [-0.39, 0.29) is 0 Å². The van der Waals surface area contributed by atoms with Crippen molar-refractivity contribution in [2.45, 2.75) is 84.6 Å². The number of hydrogen-bond acceptors (Lipinski definition) is 1. The van der Waals surface area contributed by atoms with Crippen LogP contribution in [0.25, 0.3) is 0 Å². The quantitative estimate of drug-likeness (QED) is 0.634. The lowest BCUT2D eigenvalue weighted by Crippen LogP contribution is -2.36. The van der Waals surface area contributed by atoms with Gasteiger partial charge in [-0.2, -0.15) is 0 Å². The lowest BCUT2D eigenvalue weighted by molar-refractivity contribution is 0.212. The van der Waals surface area contributed by atoms with Crippen LogP contribution in [0.5, 0.6) is 0 Å². The van der Waals surface area contributed by atoms with Crippen LogP contribution in [-0.4, -0.2) is 6.04 Å². The van der Waals surface area contributed by atoms with Gasteiger partial charge in [0.1, 0.15) is 0 Å². The van der Waals surface area contributed by atoms with Gasteiger partial charge in [-0.25, -0.2) is 0 Å². The van der Waals surface area contributed by atoms with E-state index >= 15 is 0 Å². The second-order valence-corrected chi connectivity index (χ2v) is 6.35. The molecule has 1 aliphatic rings. The minimum absolute atomic E-state index is 0.458. The fraction of sp³-hybridized carbons (Fsp3) is 1.00. The van der Waals surface area contributed by atoms with Gasteiger partial charge in [0.2, 0.25) is 0 Å². The Morgan fingerprint density at radius 3 is 2.44 bits per heavy atom. The van der Waals surface area contributed by atoms with Gasteiger partial charge in [0.05, 0.1) is 0 Å². The third-order valence-corrected chi connectivity index (χ3v) is 4.50. The second-order valence-electron chi connectivity index (χ2n) is 6.35. The van der Waals surface area contributed by atoms with Gasteiger partial charge in [-0.1, -0.05) is 59.3 Å². The van der Waals surface area contributed by atoms with E-state index in [1.165, 1.54) is 57.8 Å². The maximum atomic E-state index is 6.37. The molecule has 2 atom stereocenters. The Balaban J connectivity index is 2.17. The number of rotatable bonds is 7. The SMILES string of the molecule is CCCCCCCC(N)C1CCCC1(C)C. The summed E-state index contributed by atoms with van der Waals surface area (Å²) in [6.07, 6.45) is 12.2. The monoisotopic (exact) mass is 225 g/mol. The maximum Gasteiger partial charge on any atom is 0.00722 e. The van der Waals surface area contributed by atoms with Crippen molar-refractivity contribution in [3.05, 3.63) is 0 Å². The number of nitrogens with two attached hydrogens (primary N) is 1. The molecule has 0 saturated heterocycles. The summed E-state index contributed by atoms with van der Waals surface area (Å²) in [5.74, 6) is 0.777. The molecule has 0 aromatic rings. The molecule has 96 valence electrons. The zero-order chi connectivity index (χ0) is 12.0. The highest BCUT2D eigenvalue weighted by Gasteiger charge is 2.37. The Hall–Kier alpha value is -0.0400. The van der Waals surface area contributed by atoms with E-state index in [9.17, 15) is 0 Å². The zero-order valence-electron chi connectivity index (χ0n) is 11.6. The first-order valence-electron chi connectivity index (χ1n) is 7.33. The molecule has 1 rings (SSSR count). The lowest BCUT2D eigenvalue weighted by Gasteiger charge is -2.32. The molecular weight excluding hydrogens is 194 g/mol. The molecule has 0 aromatic carbocycles. The summed E-state index contributed by atoms with van der Waals surface area (Å²) in [4.78, 5) is 0. The van der Waals surface area contributed by atoms with E-state index in [0.29, 0.717) is 11.5 Å². The van der Waals surface area contributed by atoms with Gasteiger partial charge < -0.3 is 5.73 Å². The van der Waals surface area contributed by atoms with Crippen molar-refractivity contribution >= 4 is 0 Å². The Morgan fingerprint density at radius 1 is 1.19 bits per heavy atom. The summed E-state index contributed by atoms with van der Waals surface area (Å²) in [5.41, 5.74) is 6.87. The van der Waals surface area contributed by atoms with Crippen LogP contribution in [0.15, 0.2) is 0 Å². The summed E-state index contributed by atoms with van der Waals surface area (Å²) >= 11 is 0. The molecule has 1 heteroatoms. The highest BCUT2D eigenvalue weighted by atomic mass is 14.7. The average molecular weight is 225 g/mol. The highest BCUT2D eigenvalue weighted by molar-refractivity contribution is 4.90. The number of unbranched alkanes of at least 4 members (excludes halogenated alkanes) is 4. The van der Waals surface area contributed by atoms with Crippen molar-refractivity contribution in [3.63, 3.8) is 0 Å². The van der Waals surface area contributed by atoms with E-state index in [4.69, 9.17) is 5.73 Å². The van der Waals surface area contributed by atoms with Crippen molar-refractivity contribution in [2.24, 2.45) is 17.1 Å². The van der Waals surface area contributed by atoms with E-state index in [2.05, 4.69) is 20.8 Å². The van der Waals surface area contributed by atoms with Crippen LogP contribution in [0.3, 0.4) is 0 Å². The molecular formula is C15H31N. The van der Waals surface area contributed by atoms with E-state index in [1.54, 1.807) is 0 Å². The fourth-order valence-electron chi connectivity index (χ4n) is 3.33. The first-order chi connectivity index (χ1) is 7.58. The third-order valence-electron chi connectivity index (χ3n) is 4.50. The molecule has 0 spiro atoms. The van der Waals surface area contributed by atoms with Crippen LogP contribution >= 0.6 is 0 Å². The zero-order valence-corrected chi connectivity index (χ0v) is 11.6. The largest absolute Gasteiger partial charge is 0.327 e. The smallest absolute Gasteiger partial charge is 0.00722 e. The van der Waals surface area contributed by atoms with Gasteiger partial charge in [-0.15, -0.1) is 0 Å². The molecule has 1 nitrogen and oxygen atoms in total. The summed E-state index contributed by atoms with van der Waals surface area (Å²) in [6.45, 7) is 7.08. The molecule has 0 aromatic heterocycles. The Kier molecular flexibility index (Phi) is 5.82. The lowest BCUT2D eigenvalue weighted by atomic mass is 9.76. The van der Waals surface area contributed by atoms with Crippen LogP contribution in [0.2, 0.25) is 0 Å². The Morgan fingerprint density at radius 2 is 1.88 bits per heavy atom. The molecule has 1 fully saturated rings. The van der Waals surface area contributed by atoms with Crippen LogP contribution in [0.1, 0.15) is 78.6 Å². The van der Waals surface area contributed by atoms with Gasteiger partial charge in [-0.05, 0) is 30.6 Å². The second kappa shape index (κ2) is 6.64. The van der Waals surface area contributed by atoms with E-state index in [0.717, 1.165) is 5.92 Å². The Bertz CT molecular complexity index is 186. The van der Waals surface area contributed by atoms with Crippen LogP contribution in [0.4, 0.5) is 0 Å². The van der Waals surface area contributed by atoms with Gasteiger partial charge >= 0.3 is 0 Å². The molecule has 1 saturated carbocycles. The maximum absolute atomic E-state index is 6.37. The molecule has 0 bridgehead atoms. The van der Waals surface area contributed by atoms with Crippen LogP contribution in [-0.2, 0) is 0 Å². The molecule has 0 aliphatic heterocycles. The van der Waals surface area contributed by atoms with E-state index in [1.807, 2.05) is 0 Å². The predicted molar refractivity (Wildman–Crippen MR) is 72.5 cm³/mol. The minimum atomic E-state index is 0.458. The molecule has 1 aliphatic carbocycles. The minimum Gasteiger partial charge on any atom is -0.327 e. The summed E-state index contributed by atoms with van der Waals surface area (Å²) in [7, 11) is 0. The standard InChI is InChI=1S/C15H31N/c1-4-5-6-7-8-11-14(16)13-10-9-12-15(13,2)3/h13-14H,4-12,16H2,1-3H3. The van der Waals surface area contributed by atoms with Gasteiger partial charge in [0.25, 0.3) is 0 Å². The number of hydrogen-bond donors (Lipinski definition) is 1. The topological polar surface area (TPSA) is 26.0 Å². The summed E-state index contributed by atoms with van der Waals surface area (Å²) < 4.78 is 0. The normalized spacial score (nSPS) is 25.9. The van der Waals surface area contributed by atoms with E-state index < -0.39 is 0 Å². The summed E-state index contributed by atoms with van der Waals surface area (Å²) in [6, 6.07) is 0.458. The molecule has 0 radical (unpaired) electrons. The molecule has 16 heavy (non-hydrogen) atoms. The fourth-order valence-corrected chi connectivity index (χ4v) is 3.33. The van der Waals surface area contributed by atoms with Gasteiger partial charge in [-0.3, -0.25) is 0 Å². The highest BCUT2D eigenvalue weighted by Crippen LogP contribution is 2.44. The van der Waals surface area contributed by atoms with Crippen molar-refractivity contribution in [2.75, 3.05) is 0 Å². The average Bonchev–Trinajstić information content (AvgIpc) is 2.57. The first-order valence-corrected chi connectivity index (χ1v) is 7.33. The first kappa shape index (κ1) is 14.0. The summed E-state index contributed by atoms with van der Waals surface area (Å²) in [5, 5.41) is 0.